The Morgan fingerprint density at radius 3 is 1.88 bits per heavy atom. The molecule has 1 heterocycles. The minimum atomic E-state index is -5.07. The molecule has 1 aliphatic carbocycles. The molecule has 1 amide bonds. The van der Waals surface area contributed by atoms with E-state index < -0.39 is 59.3 Å². The summed E-state index contributed by atoms with van der Waals surface area (Å²) in [6.45, 7) is 4.49. The van der Waals surface area contributed by atoms with Crippen molar-refractivity contribution in [2.24, 2.45) is 5.92 Å². The summed E-state index contributed by atoms with van der Waals surface area (Å²) in [5.41, 5.74) is -4.00. The van der Waals surface area contributed by atoms with E-state index in [9.17, 15) is 49.1 Å². The number of carbonyl (C=O) groups excluding carboxylic acids is 2. The maximum Gasteiger partial charge on any atom is 0.416 e. The van der Waals surface area contributed by atoms with Crippen molar-refractivity contribution in [3.8, 4) is 0 Å². The number of hydrogen-bond acceptors (Lipinski definition) is 4. The summed E-state index contributed by atoms with van der Waals surface area (Å²) in [7, 11) is 0. The van der Waals surface area contributed by atoms with Crippen LogP contribution >= 0.6 is 0 Å². The van der Waals surface area contributed by atoms with E-state index in [0.29, 0.717) is 24.3 Å². The number of fused-ring (bicyclic) bond motifs is 1. The van der Waals surface area contributed by atoms with Crippen molar-refractivity contribution in [3.05, 3.63) is 64.2 Å². The van der Waals surface area contributed by atoms with E-state index in [0.717, 1.165) is 36.8 Å². The van der Waals surface area contributed by atoms with Crippen LogP contribution in [0, 0.1) is 5.92 Å². The molecule has 5 nitrogen and oxygen atoms in total. The van der Waals surface area contributed by atoms with Crippen molar-refractivity contribution in [2.45, 2.75) is 83.3 Å². The van der Waals surface area contributed by atoms with Crippen molar-refractivity contribution >= 4 is 18.1 Å². The summed E-state index contributed by atoms with van der Waals surface area (Å²) in [5, 5.41) is 3.18. The SMILES string of the molecule is CC(=O)N(Cc1cc(C(F)(F)F)cc(C(F)(F)F)c1)[C@H]1C[C@@H](C2CC2)Nc2ccc(C(F)(F)F)cc21.CC(C)OC=O. The first-order chi connectivity index (χ1) is 19.3. The van der Waals surface area contributed by atoms with Crippen LogP contribution in [0.5, 0.6) is 0 Å². The third-order valence-electron chi connectivity index (χ3n) is 6.86. The molecule has 0 bridgehead atoms. The van der Waals surface area contributed by atoms with E-state index in [-0.39, 0.29) is 36.1 Å². The molecular weight excluding hydrogens is 583 g/mol. The third-order valence-corrected chi connectivity index (χ3v) is 6.86. The van der Waals surface area contributed by atoms with E-state index in [1.54, 1.807) is 13.8 Å². The zero-order chi connectivity index (χ0) is 31.6. The second-order valence-corrected chi connectivity index (χ2v) is 10.5. The van der Waals surface area contributed by atoms with Crippen molar-refractivity contribution in [1.29, 1.82) is 0 Å². The highest BCUT2D eigenvalue weighted by Crippen LogP contribution is 2.47. The van der Waals surface area contributed by atoms with E-state index in [1.807, 2.05) is 0 Å². The predicted molar refractivity (Wildman–Crippen MR) is 134 cm³/mol. The number of anilines is 1. The van der Waals surface area contributed by atoms with Crippen LogP contribution in [0.2, 0.25) is 0 Å². The maximum absolute atomic E-state index is 13.4. The lowest BCUT2D eigenvalue weighted by atomic mass is 9.88. The monoisotopic (exact) mass is 612 g/mol. The molecule has 1 saturated carbocycles. The molecule has 14 heteroatoms. The Balaban J connectivity index is 0.000000730. The number of nitrogens with zero attached hydrogens (tertiary/aromatic N) is 1. The lowest BCUT2D eigenvalue weighted by Gasteiger charge is -2.40. The van der Waals surface area contributed by atoms with Crippen LogP contribution in [0.15, 0.2) is 36.4 Å². The molecule has 1 fully saturated rings. The number of carbonyl (C=O) groups is 2. The summed E-state index contributed by atoms with van der Waals surface area (Å²) in [4.78, 5) is 23.1. The summed E-state index contributed by atoms with van der Waals surface area (Å²) in [6, 6.07) is 2.86. The molecule has 1 aliphatic heterocycles. The Morgan fingerprint density at radius 2 is 1.48 bits per heavy atom. The van der Waals surface area contributed by atoms with Crippen LogP contribution in [0.4, 0.5) is 45.2 Å². The molecule has 232 valence electrons. The fourth-order valence-corrected chi connectivity index (χ4v) is 4.74. The number of rotatable bonds is 6. The van der Waals surface area contributed by atoms with E-state index >= 15 is 0 Å². The topological polar surface area (TPSA) is 58.6 Å². The van der Waals surface area contributed by atoms with Crippen molar-refractivity contribution in [2.75, 3.05) is 5.32 Å². The molecule has 42 heavy (non-hydrogen) atoms. The Morgan fingerprint density at radius 1 is 0.929 bits per heavy atom. The highest BCUT2D eigenvalue weighted by atomic mass is 19.4. The van der Waals surface area contributed by atoms with Gasteiger partial charge in [-0.1, -0.05) is 0 Å². The predicted octanol–water partition coefficient (Wildman–Crippen LogP) is 7.99. The molecule has 1 N–H and O–H groups in total. The van der Waals surface area contributed by atoms with Gasteiger partial charge in [0.2, 0.25) is 5.91 Å². The van der Waals surface area contributed by atoms with Gasteiger partial charge in [0.1, 0.15) is 0 Å². The average Bonchev–Trinajstić information content (AvgIpc) is 3.70. The molecule has 2 atom stereocenters. The lowest BCUT2D eigenvalue weighted by molar-refractivity contribution is -0.143. The van der Waals surface area contributed by atoms with Crippen LogP contribution in [0.25, 0.3) is 0 Å². The third kappa shape index (κ3) is 8.54. The second-order valence-electron chi connectivity index (χ2n) is 10.5. The largest absolute Gasteiger partial charge is 0.465 e. The van der Waals surface area contributed by atoms with Gasteiger partial charge in [-0.05, 0) is 86.6 Å². The Kier molecular flexibility index (Phi) is 9.78. The van der Waals surface area contributed by atoms with Crippen molar-refractivity contribution < 1.29 is 53.8 Å². The number of benzene rings is 2. The first-order valence-electron chi connectivity index (χ1n) is 12.9. The minimum absolute atomic E-state index is 0.0137. The highest BCUT2D eigenvalue weighted by Gasteiger charge is 2.42. The molecule has 4 rings (SSSR count). The Bertz CT molecular complexity index is 1240. The molecular formula is C28H29F9N2O3. The fraction of sp³-hybridized carbons (Fsp3) is 0.500. The summed E-state index contributed by atoms with van der Waals surface area (Å²) >= 11 is 0. The number of amides is 1. The highest BCUT2D eigenvalue weighted by molar-refractivity contribution is 5.75. The van der Waals surface area contributed by atoms with Gasteiger partial charge >= 0.3 is 18.5 Å². The Labute approximate surface area is 236 Å². The van der Waals surface area contributed by atoms with Crippen LogP contribution in [0.3, 0.4) is 0 Å². The van der Waals surface area contributed by atoms with Gasteiger partial charge in [0.05, 0.1) is 28.8 Å². The quantitative estimate of drug-likeness (QED) is 0.266. The number of hydrogen-bond donors (Lipinski definition) is 1. The zero-order valence-electron chi connectivity index (χ0n) is 22.8. The van der Waals surface area contributed by atoms with Crippen LogP contribution in [-0.4, -0.2) is 29.4 Å². The van der Waals surface area contributed by atoms with E-state index in [4.69, 9.17) is 0 Å². The van der Waals surface area contributed by atoms with Gasteiger partial charge in [0, 0.05) is 25.2 Å². The zero-order valence-corrected chi connectivity index (χ0v) is 22.8. The van der Waals surface area contributed by atoms with Crippen molar-refractivity contribution in [3.63, 3.8) is 0 Å². The first-order valence-corrected chi connectivity index (χ1v) is 12.9. The standard InChI is InChI=1S/C24H21F9N2O.C4H8O2/c1-12(36)35(11-13-6-16(23(28,29)30)8-17(7-13)24(31,32)33)21-10-20(14-2-3-14)34-19-5-4-15(9-18(19)21)22(25,26)27;1-4(2)6-3-5/h4-9,14,20-21,34H,2-3,10-11H2,1H3;3-4H,1-2H3/t20-,21-;/m0./s1. The van der Waals surface area contributed by atoms with E-state index in [2.05, 4.69) is 10.1 Å². The van der Waals surface area contributed by atoms with Gasteiger partial charge in [-0.25, -0.2) is 0 Å². The molecule has 2 aliphatic rings. The van der Waals surface area contributed by atoms with Gasteiger partial charge in [0.25, 0.3) is 6.47 Å². The van der Waals surface area contributed by atoms with Gasteiger partial charge in [-0.3, -0.25) is 9.59 Å². The summed E-state index contributed by atoms with van der Waals surface area (Å²) < 4.78 is 125. The van der Waals surface area contributed by atoms with E-state index in [1.165, 1.54) is 6.07 Å². The van der Waals surface area contributed by atoms with Gasteiger partial charge < -0.3 is 15.0 Å². The van der Waals surface area contributed by atoms with Gasteiger partial charge in [-0.2, -0.15) is 39.5 Å². The molecule has 0 aromatic heterocycles. The number of alkyl halides is 9. The number of ether oxygens (including phenoxy) is 1. The van der Waals surface area contributed by atoms with Gasteiger partial charge in [0.15, 0.2) is 0 Å². The molecule has 0 saturated heterocycles. The van der Waals surface area contributed by atoms with Gasteiger partial charge in [-0.15, -0.1) is 0 Å². The fourth-order valence-electron chi connectivity index (χ4n) is 4.74. The average molecular weight is 613 g/mol. The molecule has 0 radical (unpaired) electrons. The second kappa shape index (κ2) is 12.4. The lowest BCUT2D eigenvalue weighted by Crippen LogP contribution is -2.40. The normalized spacial score (nSPS) is 18.8. The molecule has 2 aromatic carbocycles. The summed E-state index contributed by atoms with van der Waals surface area (Å²) in [5.74, 6) is -0.479. The Hall–Kier alpha value is -3.45. The molecule has 0 spiro atoms. The smallest absolute Gasteiger partial charge is 0.416 e. The van der Waals surface area contributed by atoms with Crippen LogP contribution < -0.4 is 5.32 Å². The van der Waals surface area contributed by atoms with Crippen LogP contribution in [0.1, 0.15) is 73.9 Å². The first kappa shape index (κ1) is 33.1. The minimum Gasteiger partial charge on any atom is -0.465 e. The van der Waals surface area contributed by atoms with Crippen LogP contribution in [-0.2, 0) is 39.4 Å². The summed E-state index contributed by atoms with van der Waals surface area (Å²) in [6.07, 6.45) is -12.9. The molecule has 0 unspecified atom stereocenters. The molecule has 2 aromatic rings. The maximum atomic E-state index is 13.4. The van der Waals surface area contributed by atoms with Crippen molar-refractivity contribution in [1.82, 2.24) is 4.90 Å². The number of halogens is 9. The number of nitrogens with one attached hydrogen (secondary N) is 1.